The number of benzene rings is 1. The lowest BCUT2D eigenvalue weighted by Gasteiger charge is -2.17. The van der Waals surface area contributed by atoms with E-state index in [9.17, 15) is 9.59 Å². The van der Waals surface area contributed by atoms with Crippen LogP contribution in [0.25, 0.3) is 0 Å². The standard InChI is InChI=1S/C12H14N2O3S/c1-7(15)12(17)13-5-8-2-3-10-9(4-8)14-11(16)6-18-10/h2-4,7,15H,5-6H2,1H3,(H,13,17)(H,14,16). The minimum Gasteiger partial charge on any atom is -0.384 e. The number of anilines is 1. The summed E-state index contributed by atoms with van der Waals surface area (Å²) < 4.78 is 0. The summed E-state index contributed by atoms with van der Waals surface area (Å²) in [6.45, 7) is 1.75. The number of nitrogens with one attached hydrogen (secondary N) is 2. The number of aliphatic hydroxyl groups is 1. The second-order valence-electron chi connectivity index (χ2n) is 4.06. The Hall–Kier alpha value is -1.53. The summed E-state index contributed by atoms with van der Waals surface area (Å²) in [6, 6.07) is 5.65. The normalized spacial score (nSPS) is 15.6. The molecule has 2 amide bonds. The van der Waals surface area contributed by atoms with E-state index in [1.54, 1.807) is 0 Å². The van der Waals surface area contributed by atoms with Crippen LogP contribution in [0.15, 0.2) is 23.1 Å². The second-order valence-corrected chi connectivity index (χ2v) is 5.08. The third kappa shape index (κ3) is 3.02. The number of carbonyl (C=O) groups excluding carboxylic acids is 2. The van der Waals surface area contributed by atoms with Gasteiger partial charge in [-0.3, -0.25) is 9.59 Å². The van der Waals surface area contributed by atoms with Gasteiger partial charge in [0, 0.05) is 11.4 Å². The maximum Gasteiger partial charge on any atom is 0.248 e. The van der Waals surface area contributed by atoms with E-state index in [1.807, 2.05) is 18.2 Å². The first-order valence-electron chi connectivity index (χ1n) is 5.57. The Bertz CT molecular complexity index is 488. The van der Waals surface area contributed by atoms with Crippen molar-refractivity contribution in [1.82, 2.24) is 5.32 Å². The molecule has 1 heterocycles. The van der Waals surface area contributed by atoms with E-state index >= 15 is 0 Å². The maximum absolute atomic E-state index is 11.3. The van der Waals surface area contributed by atoms with Gasteiger partial charge in [-0.15, -0.1) is 11.8 Å². The van der Waals surface area contributed by atoms with Gasteiger partial charge < -0.3 is 15.7 Å². The topological polar surface area (TPSA) is 78.4 Å². The van der Waals surface area contributed by atoms with Crippen LogP contribution < -0.4 is 10.6 Å². The Labute approximate surface area is 109 Å². The van der Waals surface area contributed by atoms with E-state index in [2.05, 4.69) is 10.6 Å². The molecule has 0 saturated carbocycles. The highest BCUT2D eigenvalue weighted by Gasteiger charge is 2.15. The number of hydrogen-bond acceptors (Lipinski definition) is 4. The Morgan fingerprint density at radius 2 is 2.39 bits per heavy atom. The number of carbonyl (C=O) groups is 2. The van der Waals surface area contributed by atoms with Gasteiger partial charge in [-0.1, -0.05) is 6.07 Å². The first kappa shape index (κ1) is 12.9. The number of amides is 2. The quantitative estimate of drug-likeness (QED) is 0.753. The number of fused-ring (bicyclic) bond motifs is 1. The van der Waals surface area contributed by atoms with Gasteiger partial charge in [-0.05, 0) is 24.6 Å². The molecule has 1 atom stereocenters. The van der Waals surface area contributed by atoms with Gasteiger partial charge in [0.15, 0.2) is 0 Å². The molecule has 96 valence electrons. The number of thioether (sulfide) groups is 1. The minimum absolute atomic E-state index is 0.0161. The molecule has 0 bridgehead atoms. The Kier molecular flexibility index (Phi) is 3.88. The highest BCUT2D eigenvalue weighted by atomic mass is 32.2. The summed E-state index contributed by atoms with van der Waals surface area (Å²) in [4.78, 5) is 23.5. The molecule has 0 radical (unpaired) electrons. The third-order valence-electron chi connectivity index (χ3n) is 2.52. The van der Waals surface area contributed by atoms with Crippen molar-refractivity contribution in [1.29, 1.82) is 0 Å². The van der Waals surface area contributed by atoms with Gasteiger partial charge in [0.05, 0.1) is 11.4 Å². The molecule has 0 aliphatic carbocycles. The SMILES string of the molecule is CC(O)C(=O)NCc1ccc2c(c1)NC(=O)CS2. The van der Waals surface area contributed by atoms with Gasteiger partial charge in [-0.25, -0.2) is 0 Å². The molecule has 2 rings (SSSR count). The number of aliphatic hydroxyl groups excluding tert-OH is 1. The van der Waals surface area contributed by atoms with Crippen LogP contribution in [0.1, 0.15) is 12.5 Å². The average molecular weight is 266 g/mol. The molecule has 1 aromatic rings. The van der Waals surface area contributed by atoms with Crippen molar-refractivity contribution in [3.63, 3.8) is 0 Å². The maximum atomic E-state index is 11.3. The van der Waals surface area contributed by atoms with Gasteiger partial charge in [0.25, 0.3) is 0 Å². The monoisotopic (exact) mass is 266 g/mol. The third-order valence-corrected chi connectivity index (χ3v) is 3.60. The van der Waals surface area contributed by atoms with Crippen LogP contribution in [0.5, 0.6) is 0 Å². The zero-order valence-electron chi connectivity index (χ0n) is 9.90. The highest BCUT2D eigenvalue weighted by molar-refractivity contribution is 8.00. The van der Waals surface area contributed by atoms with Crippen LogP contribution in [0.2, 0.25) is 0 Å². The van der Waals surface area contributed by atoms with Crippen molar-refractivity contribution in [2.45, 2.75) is 24.5 Å². The first-order valence-corrected chi connectivity index (χ1v) is 6.56. The Balaban J connectivity index is 2.04. The summed E-state index contributed by atoms with van der Waals surface area (Å²) >= 11 is 1.50. The lowest BCUT2D eigenvalue weighted by atomic mass is 10.2. The zero-order valence-corrected chi connectivity index (χ0v) is 10.7. The van der Waals surface area contributed by atoms with Crippen molar-refractivity contribution in [3.05, 3.63) is 23.8 Å². The van der Waals surface area contributed by atoms with Crippen molar-refractivity contribution >= 4 is 29.3 Å². The van der Waals surface area contributed by atoms with Crippen LogP contribution in [0.3, 0.4) is 0 Å². The zero-order chi connectivity index (χ0) is 13.1. The van der Waals surface area contributed by atoms with E-state index < -0.39 is 12.0 Å². The van der Waals surface area contributed by atoms with Gasteiger partial charge in [0.1, 0.15) is 6.10 Å². The van der Waals surface area contributed by atoms with Gasteiger partial charge >= 0.3 is 0 Å². The molecule has 6 heteroatoms. The summed E-state index contributed by atoms with van der Waals surface area (Å²) in [5.41, 5.74) is 1.66. The van der Waals surface area contributed by atoms with Crippen molar-refractivity contribution < 1.29 is 14.7 Å². The molecule has 5 nitrogen and oxygen atoms in total. The minimum atomic E-state index is -1.02. The Morgan fingerprint density at radius 3 is 3.11 bits per heavy atom. The fourth-order valence-corrected chi connectivity index (χ4v) is 2.37. The van der Waals surface area contributed by atoms with E-state index in [0.29, 0.717) is 12.3 Å². The summed E-state index contributed by atoms with van der Waals surface area (Å²) in [7, 11) is 0. The fraction of sp³-hybridized carbons (Fsp3) is 0.333. The van der Waals surface area contributed by atoms with Crippen molar-refractivity contribution in [2.24, 2.45) is 0 Å². The molecule has 18 heavy (non-hydrogen) atoms. The van der Waals surface area contributed by atoms with Crippen molar-refractivity contribution in [2.75, 3.05) is 11.1 Å². The number of hydrogen-bond donors (Lipinski definition) is 3. The Morgan fingerprint density at radius 1 is 1.61 bits per heavy atom. The molecule has 0 aromatic heterocycles. The molecular formula is C12H14N2O3S. The molecule has 1 aliphatic rings. The largest absolute Gasteiger partial charge is 0.384 e. The van der Waals surface area contributed by atoms with Crippen molar-refractivity contribution in [3.8, 4) is 0 Å². The average Bonchev–Trinajstić information content (AvgIpc) is 2.35. The van der Waals surface area contributed by atoms with E-state index in [0.717, 1.165) is 16.1 Å². The molecule has 0 fully saturated rings. The highest BCUT2D eigenvalue weighted by Crippen LogP contribution is 2.31. The first-order chi connectivity index (χ1) is 8.56. The van der Waals surface area contributed by atoms with Crippen LogP contribution in [0, 0.1) is 0 Å². The van der Waals surface area contributed by atoms with Crippen LogP contribution in [-0.4, -0.2) is 28.8 Å². The summed E-state index contributed by atoms with van der Waals surface area (Å²) in [5.74, 6) is 0.00859. The molecule has 0 saturated heterocycles. The van der Waals surface area contributed by atoms with Gasteiger partial charge in [0.2, 0.25) is 11.8 Å². The predicted molar refractivity (Wildman–Crippen MR) is 69.3 cm³/mol. The molecule has 1 aliphatic heterocycles. The van der Waals surface area contributed by atoms with E-state index in [1.165, 1.54) is 18.7 Å². The molecule has 1 unspecified atom stereocenters. The fourth-order valence-electron chi connectivity index (χ4n) is 1.58. The lowest BCUT2D eigenvalue weighted by Crippen LogP contribution is -2.32. The summed E-state index contributed by atoms with van der Waals surface area (Å²) in [6.07, 6.45) is -1.02. The predicted octanol–water partition coefficient (Wildman–Crippen LogP) is 0.728. The van der Waals surface area contributed by atoms with Crippen LogP contribution in [-0.2, 0) is 16.1 Å². The van der Waals surface area contributed by atoms with Crippen LogP contribution >= 0.6 is 11.8 Å². The molecule has 3 N–H and O–H groups in total. The smallest absolute Gasteiger partial charge is 0.248 e. The number of rotatable bonds is 3. The molecule has 1 aromatic carbocycles. The second kappa shape index (κ2) is 5.41. The van der Waals surface area contributed by atoms with Gasteiger partial charge in [-0.2, -0.15) is 0 Å². The van der Waals surface area contributed by atoms with E-state index in [4.69, 9.17) is 5.11 Å². The molecular weight excluding hydrogens is 252 g/mol. The van der Waals surface area contributed by atoms with E-state index in [-0.39, 0.29) is 5.91 Å². The lowest BCUT2D eigenvalue weighted by molar-refractivity contribution is -0.128. The molecule has 0 spiro atoms. The summed E-state index contributed by atoms with van der Waals surface area (Å²) in [5, 5.41) is 14.5. The van der Waals surface area contributed by atoms with Crippen LogP contribution in [0.4, 0.5) is 5.69 Å².